The molecule has 2 saturated heterocycles. The van der Waals surface area contributed by atoms with Gasteiger partial charge in [0.2, 0.25) is 11.8 Å². The van der Waals surface area contributed by atoms with Crippen molar-refractivity contribution < 1.29 is 14.3 Å². The van der Waals surface area contributed by atoms with Crippen LogP contribution in [0.1, 0.15) is 55.2 Å². The highest BCUT2D eigenvalue weighted by Crippen LogP contribution is 2.30. The standard InChI is InChI=1S/C27H34N2O3/c1-21-9-11-22(12-10-21)18-27(15-13-25(30)28-27)16-14-26(31)29-17-5-8-24(19-29)32-20-23-6-3-2-4-7-23/h2-4,6-7,9-12,24H,5,8,13-20H2,1H3,(H,28,30)/t24-,27+/m0/s1. The zero-order chi connectivity index (χ0) is 22.4. The minimum absolute atomic E-state index is 0.0839. The Labute approximate surface area is 191 Å². The molecule has 2 heterocycles. The first-order valence-electron chi connectivity index (χ1n) is 11.8. The fourth-order valence-electron chi connectivity index (χ4n) is 4.87. The van der Waals surface area contributed by atoms with Crippen molar-refractivity contribution in [3.63, 3.8) is 0 Å². The first-order valence-corrected chi connectivity index (χ1v) is 11.8. The van der Waals surface area contributed by atoms with Crippen molar-refractivity contribution in [1.29, 1.82) is 0 Å². The minimum Gasteiger partial charge on any atom is -0.372 e. The predicted octanol–water partition coefficient (Wildman–Crippen LogP) is 4.17. The summed E-state index contributed by atoms with van der Waals surface area (Å²) in [4.78, 5) is 27.1. The molecule has 0 unspecified atom stereocenters. The van der Waals surface area contributed by atoms with Crippen molar-refractivity contribution in [2.75, 3.05) is 13.1 Å². The smallest absolute Gasteiger partial charge is 0.222 e. The van der Waals surface area contributed by atoms with E-state index in [2.05, 4.69) is 48.6 Å². The van der Waals surface area contributed by atoms with Crippen LogP contribution in [0, 0.1) is 6.92 Å². The van der Waals surface area contributed by atoms with Gasteiger partial charge in [0.1, 0.15) is 0 Å². The molecule has 2 aromatic carbocycles. The first-order chi connectivity index (χ1) is 15.5. The van der Waals surface area contributed by atoms with E-state index >= 15 is 0 Å². The second-order valence-electron chi connectivity index (χ2n) is 9.39. The second-order valence-corrected chi connectivity index (χ2v) is 9.39. The van der Waals surface area contributed by atoms with Gasteiger partial charge < -0.3 is 15.0 Å². The lowest BCUT2D eigenvalue weighted by Crippen LogP contribution is -2.46. The van der Waals surface area contributed by atoms with Gasteiger partial charge in [-0.1, -0.05) is 60.2 Å². The summed E-state index contributed by atoms with van der Waals surface area (Å²) in [6.07, 6.45) is 5.28. The van der Waals surface area contributed by atoms with Crippen molar-refractivity contribution in [3.05, 3.63) is 71.3 Å². The molecule has 1 N–H and O–H groups in total. The Kier molecular flexibility index (Phi) is 7.26. The number of nitrogens with one attached hydrogen (secondary N) is 1. The molecule has 2 aromatic rings. The number of benzene rings is 2. The molecule has 0 spiro atoms. The molecule has 2 amide bonds. The third-order valence-electron chi connectivity index (χ3n) is 6.78. The van der Waals surface area contributed by atoms with E-state index in [0.29, 0.717) is 32.4 Å². The summed E-state index contributed by atoms with van der Waals surface area (Å²) in [5, 5.41) is 3.20. The van der Waals surface area contributed by atoms with Gasteiger partial charge in [0.15, 0.2) is 0 Å². The molecule has 2 atom stereocenters. The summed E-state index contributed by atoms with van der Waals surface area (Å²) < 4.78 is 6.10. The summed E-state index contributed by atoms with van der Waals surface area (Å²) in [5.74, 6) is 0.263. The highest BCUT2D eigenvalue weighted by molar-refractivity contribution is 5.80. The number of carbonyl (C=O) groups excluding carboxylic acids is 2. The predicted molar refractivity (Wildman–Crippen MR) is 125 cm³/mol. The van der Waals surface area contributed by atoms with E-state index in [1.807, 2.05) is 23.1 Å². The SMILES string of the molecule is Cc1ccc(C[C@]2(CCC(=O)N3CCC[C@H](OCc4ccccc4)C3)CCC(=O)N2)cc1. The number of nitrogens with zero attached hydrogens (tertiary/aromatic N) is 1. The molecule has 0 radical (unpaired) electrons. The number of ether oxygens (including phenoxy) is 1. The lowest BCUT2D eigenvalue weighted by molar-refractivity contribution is -0.136. The molecule has 5 nitrogen and oxygen atoms in total. The Balaban J connectivity index is 1.31. The highest BCUT2D eigenvalue weighted by Gasteiger charge is 2.38. The van der Waals surface area contributed by atoms with E-state index in [9.17, 15) is 9.59 Å². The van der Waals surface area contributed by atoms with Gasteiger partial charge in [0.05, 0.1) is 12.7 Å². The molecule has 4 rings (SSSR count). The van der Waals surface area contributed by atoms with Gasteiger partial charge in [-0.15, -0.1) is 0 Å². The number of hydrogen-bond acceptors (Lipinski definition) is 3. The summed E-state index contributed by atoms with van der Waals surface area (Å²) in [6, 6.07) is 18.6. The van der Waals surface area contributed by atoms with Gasteiger partial charge in [0.25, 0.3) is 0 Å². The lowest BCUT2D eigenvalue weighted by atomic mass is 9.84. The van der Waals surface area contributed by atoms with Crippen molar-refractivity contribution in [2.45, 2.75) is 70.1 Å². The summed E-state index contributed by atoms with van der Waals surface area (Å²) in [7, 11) is 0. The fraction of sp³-hybridized carbons (Fsp3) is 0.481. The van der Waals surface area contributed by atoms with Gasteiger partial charge in [-0.05, 0) is 50.2 Å². The van der Waals surface area contributed by atoms with E-state index in [1.54, 1.807) is 0 Å². The Morgan fingerprint density at radius 3 is 2.62 bits per heavy atom. The topological polar surface area (TPSA) is 58.6 Å². The van der Waals surface area contributed by atoms with Crippen molar-refractivity contribution >= 4 is 11.8 Å². The molecule has 0 aliphatic carbocycles. The maximum absolute atomic E-state index is 13.1. The van der Waals surface area contributed by atoms with Crippen LogP contribution in [0.15, 0.2) is 54.6 Å². The van der Waals surface area contributed by atoms with E-state index in [4.69, 9.17) is 4.74 Å². The van der Waals surface area contributed by atoms with E-state index < -0.39 is 0 Å². The largest absolute Gasteiger partial charge is 0.372 e. The molecular weight excluding hydrogens is 400 g/mol. The molecule has 170 valence electrons. The molecule has 0 aromatic heterocycles. The molecule has 5 heteroatoms. The second kappa shape index (κ2) is 10.3. The number of carbonyl (C=O) groups is 2. The zero-order valence-corrected chi connectivity index (χ0v) is 19.0. The third-order valence-corrected chi connectivity index (χ3v) is 6.78. The number of hydrogen-bond donors (Lipinski definition) is 1. The van der Waals surface area contributed by atoms with Crippen LogP contribution in [0.4, 0.5) is 0 Å². The fourth-order valence-corrected chi connectivity index (χ4v) is 4.87. The third kappa shape index (κ3) is 5.98. The lowest BCUT2D eigenvalue weighted by Gasteiger charge is -2.34. The molecule has 2 fully saturated rings. The Hall–Kier alpha value is -2.66. The molecule has 2 aliphatic rings. The van der Waals surface area contributed by atoms with Crippen molar-refractivity contribution in [2.24, 2.45) is 0 Å². The van der Waals surface area contributed by atoms with Crippen LogP contribution in [0.2, 0.25) is 0 Å². The number of likely N-dealkylation sites (tertiary alicyclic amines) is 1. The average Bonchev–Trinajstić information content (AvgIpc) is 3.19. The van der Waals surface area contributed by atoms with Gasteiger partial charge in [-0.2, -0.15) is 0 Å². The average molecular weight is 435 g/mol. The summed E-state index contributed by atoms with van der Waals surface area (Å²) >= 11 is 0. The van der Waals surface area contributed by atoms with Crippen molar-refractivity contribution in [1.82, 2.24) is 10.2 Å². The van der Waals surface area contributed by atoms with Crippen LogP contribution >= 0.6 is 0 Å². The monoisotopic (exact) mass is 434 g/mol. The quantitative estimate of drug-likeness (QED) is 0.678. The van der Waals surface area contributed by atoms with E-state index in [0.717, 1.165) is 37.8 Å². The Morgan fingerprint density at radius 1 is 1.12 bits per heavy atom. The maximum Gasteiger partial charge on any atom is 0.222 e. The number of rotatable bonds is 8. The minimum atomic E-state index is -0.318. The Bertz CT molecular complexity index is 912. The van der Waals surface area contributed by atoms with Crippen molar-refractivity contribution in [3.8, 4) is 0 Å². The Morgan fingerprint density at radius 2 is 1.91 bits per heavy atom. The van der Waals surface area contributed by atoms with E-state index in [-0.39, 0.29) is 23.5 Å². The first kappa shape index (κ1) is 22.5. The molecular formula is C27H34N2O3. The van der Waals surface area contributed by atoms with Crippen LogP contribution in [0.3, 0.4) is 0 Å². The molecule has 0 saturated carbocycles. The van der Waals surface area contributed by atoms with Gasteiger partial charge in [-0.25, -0.2) is 0 Å². The van der Waals surface area contributed by atoms with Crippen LogP contribution in [0.25, 0.3) is 0 Å². The zero-order valence-electron chi connectivity index (χ0n) is 19.0. The van der Waals surface area contributed by atoms with Crippen LogP contribution in [-0.4, -0.2) is 41.4 Å². The summed E-state index contributed by atoms with van der Waals surface area (Å²) in [6.45, 7) is 4.11. The summed E-state index contributed by atoms with van der Waals surface area (Å²) in [5.41, 5.74) is 3.27. The molecule has 0 bridgehead atoms. The number of piperidine rings is 1. The van der Waals surface area contributed by atoms with Crippen LogP contribution in [-0.2, 0) is 27.4 Å². The highest BCUT2D eigenvalue weighted by atomic mass is 16.5. The molecule has 32 heavy (non-hydrogen) atoms. The maximum atomic E-state index is 13.1. The van der Waals surface area contributed by atoms with Gasteiger partial charge in [-0.3, -0.25) is 9.59 Å². The van der Waals surface area contributed by atoms with Crippen LogP contribution < -0.4 is 5.32 Å². The van der Waals surface area contributed by atoms with Gasteiger partial charge in [0, 0.05) is 31.5 Å². The number of aryl methyl sites for hydroxylation is 1. The normalized spacial score (nSPS) is 23.2. The van der Waals surface area contributed by atoms with Crippen LogP contribution in [0.5, 0.6) is 0 Å². The van der Waals surface area contributed by atoms with E-state index in [1.165, 1.54) is 11.1 Å². The number of amides is 2. The molecule has 2 aliphatic heterocycles. The van der Waals surface area contributed by atoms with Gasteiger partial charge >= 0.3 is 0 Å².